The van der Waals surface area contributed by atoms with Gasteiger partial charge in [-0.25, -0.2) is 4.98 Å². The van der Waals surface area contributed by atoms with Gasteiger partial charge in [-0.05, 0) is 25.0 Å². The summed E-state index contributed by atoms with van der Waals surface area (Å²) in [5.74, 6) is 1.45. The molecule has 2 heterocycles. The monoisotopic (exact) mass is 189 g/mol. The first kappa shape index (κ1) is 7.67. The number of nitrogen functional groups attached to an aromatic ring is 1. The fourth-order valence-corrected chi connectivity index (χ4v) is 1.62. The summed E-state index contributed by atoms with van der Waals surface area (Å²) in [7, 11) is 0. The largest absolute Gasteiger partial charge is 0.463 e. The molecule has 1 aliphatic rings. The van der Waals surface area contributed by atoms with Gasteiger partial charge in [-0.2, -0.15) is 0 Å². The first-order valence-corrected chi connectivity index (χ1v) is 4.72. The molecule has 2 aromatic rings. The van der Waals surface area contributed by atoms with Crippen LogP contribution in [0.1, 0.15) is 18.9 Å². The lowest BCUT2D eigenvalue weighted by atomic mass is 10.3. The predicted molar refractivity (Wildman–Crippen MR) is 52.6 cm³/mol. The smallest absolute Gasteiger partial charge is 0.156 e. The zero-order valence-corrected chi connectivity index (χ0v) is 7.68. The van der Waals surface area contributed by atoms with Crippen molar-refractivity contribution in [2.24, 2.45) is 0 Å². The number of rotatable bonds is 2. The standard InChI is InChI=1S/C10H11N3O/c11-10-9(8-2-1-5-14-8)12-6-13(10)7-3-4-7/h1-2,5-7H,3-4,11H2. The van der Waals surface area contributed by atoms with Crippen LogP contribution >= 0.6 is 0 Å². The van der Waals surface area contributed by atoms with Crippen molar-refractivity contribution in [3.8, 4) is 11.5 Å². The van der Waals surface area contributed by atoms with Crippen LogP contribution in [0, 0.1) is 0 Å². The molecule has 0 spiro atoms. The highest BCUT2D eigenvalue weighted by molar-refractivity contribution is 5.65. The van der Waals surface area contributed by atoms with Crippen molar-refractivity contribution < 1.29 is 4.42 Å². The zero-order chi connectivity index (χ0) is 9.54. The molecule has 0 atom stereocenters. The van der Waals surface area contributed by atoms with Crippen molar-refractivity contribution in [2.45, 2.75) is 18.9 Å². The van der Waals surface area contributed by atoms with E-state index in [1.54, 1.807) is 12.6 Å². The van der Waals surface area contributed by atoms with Crippen LogP contribution in [0.4, 0.5) is 5.82 Å². The van der Waals surface area contributed by atoms with Crippen LogP contribution < -0.4 is 5.73 Å². The maximum atomic E-state index is 5.98. The van der Waals surface area contributed by atoms with E-state index in [0.29, 0.717) is 11.9 Å². The van der Waals surface area contributed by atoms with Gasteiger partial charge in [0.1, 0.15) is 11.5 Å². The summed E-state index contributed by atoms with van der Waals surface area (Å²) >= 11 is 0. The minimum Gasteiger partial charge on any atom is -0.463 e. The molecular weight excluding hydrogens is 178 g/mol. The molecule has 0 bridgehead atoms. The van der Waals surface area contributed by atoms with E-state index in [9.17, 15) is 0 Å². The lowest BCUT2D eigenvalue weighted by molar-refractivity contribution is 0.580. The Morgan fingerprint density at radius 1 is 1.50 bits per heavy atom. The Bertz CT molecular complexity index is 440. The Morgan fingerprint density at radius 2 is 2.36 bits per heavy atom. The minimum atomic E-state index is 0.561. The van der Waals surface area contributed by atoms with Gasteiger partial charge in [0.25, 0.3) is 0 Å². The maximum Gasteiger partial charge on any atom is 0.156 e. The molecule has 1 saturated carbocycles. The van der Waals surface area contributed by atoms with Gasteiger partial charge in [0.2, 0.25) is 0 Å². The van der Waals surface area contributed by atoms with Gasteiger partial charge >= 0.3 is 0 Å². The maximum absolute atomic E-state index is 5.98. The van der Waals surface area contributed by atoms with E-state index < -0.39 is 0 Å². The molecule has 0 radical (unpaired) electrons. The number of anilines is 1. The van der Waals surface area contributed by atoms with Crippen molar-refractivity contribution in [1.29, 1.82) is 0 Å². The second-order valence-corrected chi connectivity index (χ2v) is 3.59. The van der Waals surface area contributed by atoms with E-state index in [2.05, 4.69) is 4.98 Å². The summed E-state index contributed by atoms with van der Waals surface area (Å²) in [6.07, 6.45) is 5.84. The first-order chi connectivity index (χ1) is 6.86. The number of aromatic nitrogens is 2. The summed E-state index contributed by atoms with van der Waals surface area (Å²) in [6, 6.07) is 4.27. The number of hydrogen-bond acceptors (Lipinski definition) is 3. The number of imidazole rings is 1. The second-order valence-electron chi connectivity index (χ2n) is 3.59. The fraction of sp³-hybridized carbons (Fsp3) is 0.300. The van der Waals surface area contributed by atoms with Crippen LogP contribution in [0.15, 0.2) is 29.1 Å². The molecule has 4 heteroatoms. The molecule has 0 amide bonds. The molecule has 2 N–H and O–H groups in total. The topological polar surface area (TPSA) is 57.0 Å². The highest BCUT2D eigenvalue weighted by Gasteiger charge is 2.26. The molecule has 2 aromatic heterocycles. The number of nitrogens with zero attached hydrogens (tertiary/aromatic N) is 2. The third-order valence-corrected chi connectivity index (χ3v) is 2.53. The molecular formula is C10H11N3O. The van der Waals surface area contributed by atoms with Crippen molar-refractivity contribution in [2.75, 3.05) is 5.73 Å². The molecule has 72 valence electrons. The highest BCUT2D eigenvalue weighted by atomic mass is 16.3. The molecule has 3 rings (SSSR count). The SMILES string of the molecule is Nc1c(-c2ccco2)ncn1C1CC1. The third kappa shape index (κ3) is 1.04. The van der Waals surface area contributed by atoms with Gasteiger partial charge in [0.15, 0.2) is 5.76 Å². The van der Waals surface area contributed by atoms with Gasteiger partial charge in [0.05, 0.1) is 12.6 Å². The van der Waals surface area contributed by atoms with Crippen LogP contribution in [-0.2, 0) is 0 Å². The van der Waals surface area contributed by atoms with E-state index in [-0.39, 0.29) is 0 Å². The van der Waals surface area contributed by atoms with E-state index in [4.69, 9.17) is 10.2 Å². The van der Waals surface area contributed by atoms with Crippen molar-refractivity contribution >= 4 is 5.82 Å². The zero-order valence-electron chi connectivity index (χ0n) is 7.68. The lowest BCUT2D eigenvalue weighted by Crippen LogP contribution is -1.99. The van der Waals surface area contributed by atoms with Crippen LogP contribution in [0.2, 0.25) is 0 Å². The summed E-state index contributed by atoms with van der Waals surface area (Å²) in [6.45, 7) is 0. The van der Waals surface area contributed by atoms with Crippen LogP contribution in [0.3, 0.4) is 0 Å². The van der Waals surface area contributed by atoms with Crippen LogP contribution in [-0.4, -0.2) is 9.55 Å². The molecule has 0 unspecified atom stereocenters. The Morgan fingerprint density at radius 3 is 3.00 bits per heavy atom. The molecule has 14 heavy (non-hydrogen) atoms. The average molecular weight is 189 g/mol. The molecule has 0 aliphatic heterocycles. The van der Waals surface area contributed by atoms with Gasteiger partial charge in [-0.15, -0.1) is 0 Å². The fourth-order valence-electron chi connectivity index (χ4n) is 1.62. The van der Waals surface area contributed by atoms with Crippen molar-refractivity contribution in [1.82, 2.24) is 9.55 Å². The van der Waals surface area contributed by atoms with E-state index >= 15 is 0 Å². The quantitative estimate of drug-likeness (QED) is 0.786. The van der Waals surface area contributed by atoms with Crippen molar-refractivity contribution in [3.05, 3.63) is 24.7 Å². The molecule has 4 nitrogen and oxygen atoms in total. The van der Waals surface area contributed by atoms with Crippen molar-refractivity contribution in [3.63, 3.8) is 0 Å². The molecule has 1 fully saturated rings. The van der Waals surface area contributed by atoms with E-state index in [0.717, 1.165) is 11.5 Å². The molecule has 1 aliphatic carbocycles. The normalized spacial score (nSPS) is 16.0. The van der Waals surface area contributed by atoms with E-state index in [1.807, 2.05) is 16.7 Å². The summed E-state index contributed by atoms with van der Waals surface area (Å²) in [5, 5.41) is 0. The average Bonchev–Trinajstić information content (AvgIpc) is 2.76. The Balaban J connectivity index is 2.06. The second kappa shape index (κ2) is 2.64. The third-order valence-electron chi connectivity index (χ3n) is 2.53. The Kier molecular flexibility index (Phi) is 1.45. The van der Waals surface area contributed by atoms with Gasteiger partial charge in [-0.1, -0.05) is 0 Å². The molecule has 0 aromatic carbocycles. The number of furan rings is 1. The van der Waals surface area contributed by atoms with Crippen LogP contribution in [0.5, 0.6) is 0 Å². The predicted octanol–water partition coefficient (Wildman–Crippen LogP) is 2.06. The first-order valence-electron chi connectivity index (χ1n) is 4.72. The van der Waals surface area contributed by atoms with Gasteiger partial charge in [-0.3, -0.25) is 0 Å². The summed E-state index contributed by atoms with van der Waals surface area (Å²) < 4.78 is 7.28. The lowest BCUT2D eigenvalue weighted by Gasteiger charge is -2.01. The number of hydrogen-bond donors (Lipinski definition) is 1. The van der Waals surface area contributed by atoms with E-state index in [1.165, 1.54) is 12.8 Å². The number of nitrogens with two attached hydrogens (primary N) is 1. The summed E-state index contributed by atoms with van der Waals surface area (Å²) in [5.41, 5.74) is 6.73. The van der Waals surface area contributed by atoms with Crippen LogP contribution in [0.25, 0.3) is 11.5 Å². The minimum absolute atomic E-state index is 0.561. The van der Waals surface area contributed by atoms with Gasteiger partial charge in [0, 0.05) is 6.04 Å². The highest BCUT2D eigenvalue weighted by Crippen LogP contribution is 2.38. The van der Waals surface area contributed by atoms with Gasteiger partial charge < -0.3 is 14.7 Å². The Hall–Kier alpha value is -1.71. The summed E-state index contributed by atoms with van der Waals surface area (Å²) in [4.78, 5) is 4.26. The molecule has 0 saturated heterocycles. The Labute approximate surface area is 81.4 Å².